The Labute approximate surface area is 115 Å². The molecule has 1 aromatic rings. The van der Waals surface area contributed by atoms with Crippen LogP contribution in [0.4, 0.5) is 0 Å². The van der Waals surface area contributed by atoms with Gasteiger partial charge in [0, 0.05) is 29.1 Å². The molecule has 2 aliphatic heterocycles. The smallest absolute Gasteiger partial charge is 0.0934 e. The molecule has 2 fully saturated rings. The van der Waals surface area contributed by atoms with Crippen LogP contribution in [0.3, 0.4) is 0 Å². The molecule has 0 saturated carbocycles. The molecule has 2 saturated heterocycles. The molecule has 0 aliphatic carbocycles. The van der Waals surface area contributed by atoms with Gasteiger partial charge in [0.2, 0.25) is 0 Å². The summed E-state index contributed by atoms with van der Waals surface area (Å²) in [4.78, 5) is 2.61. The molecule has 2 heterocycles. The molecule has 0 unspecified atom stereocenters. The maximum atomic E-state index is 5.52. The van der Waals surface area contributed by atoms with Crippen molar-refractivity contribution in [1.82, 2.24) is 4.90 Å². The SMILES string of the molecule is Brc1cccc(C2(N3CCSCC3)COC2)c1. The summed E-state index contributed by atoms with van der Waals surface area (Å²) in [6.07, 6.45) is 0. The van der Waals surface area contributed by atoms with E-state index in [-0.39, 0.29) is 5.54 Å². The third-order valence-corrected chi connectivity index (χ3v) is 5.10. The van der Waals surface area contributed by atoms with Crippen molar-refractivity contribution in [3.05, 3.63) is 34.3 Å². The predicted octanol–water partition coefficient (Wildman–Crippen LogP) is 2.72. The summed E-state index contributed by atoms with van der Waals surface area (Å²) >= 11 is 5.62. The van der Waals surface area contributed by atoms with Crippen LogP contribution in [0.15, 0.2) is 28.7 Å². The van der Waals surface area contributed by atoms with E-state index >= 15 is 0 Å². The summed E-state index contributed by atoms with van der Waals surface area (Å²) in [7, 11) is 0. The number of nitrogens with zero attached hydrogens (tertiary/aromatic N) is 1. The van der Waals surface area contributed by atoms with Crippen molar-refractivity contribution in [3.63, 3.8) is 0 Å². The number of benzene rings is 1. The number of thioether (sulfide) groups is 1. The number of halogens is 1. The topological polar surface area (TPSA) is 12.5 Å². The molecule has 0 radical (unpaired) electrons. The minimum atomic E-state index is 0.144. The fraction of sp³-hybridized carbons (Fsp3) is 0.538. The number of ether oxygens (including phenoxy) is 1. The Morgan fingerprint density at radius 3 is 2.59 bits per heavy atom. The zero-order valence-corrected chi connectivity index (χ0v) is 12.1. The molecule has 92 valence electrons. The van der Waals surface area contributed by atoms with Gasteiger partial charge >= 0.3 is 0 Å². The van der Waals surface area contributed by atoms with E-state index in [9.17, 15) is 0 Å². The lowest BCUT2D eigenvalue weighted by molar-refractivity contribution is -0.144. The largest absolute Gasteiger partial charge is 0.377 e. The van der Waals surface area contributed by atoms with Gasteiger partial charge in [-0.25, -0.2) is 0 Å². The summed E-state index contributed by atoms with van der Waals surface area (Å²) in [5.41, 5.74) is 1.54. The van der Waals surface area contributed by atoms with Crippen molar-refractivity contribution in [3.8, 4) is 0 Å². The number of rotatable bonds is 2. The zero-order valence-electron chi connectivity index (χ0n) is 9.69. The molecule has 4 heteroatoms. The molecule has 17 heavy (non-hydrogen) atoms. The first-order valence-corrected chi connectivity index (χ1v) is 7.93. The summed E-state index contributed by atoms with van der Waals surface area (Å²) in [5.74, 6) is 2.49. The van der Waals surface area contributed by atoms with E-state index in [0.717, 1.165) is 17.7 Å². The van der Waals surface area contributed by atoms with E-state index in [1.807, 2.05) is 0 Å². The van der Waals surface area contributed by atoms with Gasteiger partial charge in [0.1, 0.15) is 0 Å². The van der Waals surface area contributed by atoms with Crippen molar-refractivity contribution >= 4 is 27.7 Å². The standard InChI is InChI=1S/C13H16BrNOS/c14-12-3-1-2-11(8-12)13(9-16-10-13)15-4-6-17-7-5-15/h1-3,8H,4-7,9-10H2. The average molecular weight is 314 g/mol. The van der Waals surface area contributed by atoms with Crippen LogP contribution in [0.2, 0.25) is 0 Å². The summed E-state index contributed by atoms with van der Waals surface area (Å²) in [6, 6.07) is 8.68. The third kappa shape index (κ3) is 2.16. The zero-order chi connectivity index (χ0) is 11.7. The van der Waals surface area contributed by atoms with Gasteiger partial charge in [0.05, 0.1) is 18.8 Å². The number of hydrogen-bond acceptors (Lipinski definition) is 3. The van der Waals surface area contributed by atoms with Gasteiger partial charge in [-0.15, -0.1) is 0 Å². The van der Waals surface area contributed by atoms with E-state index in [1.54, 1.807) is 0 Å². The van der Waals surface area contributed by atoms with Gasteiger partial charge in [-0.3, -0.25) is 4.90 Å². The van der Waals surface area contributed by atoms with E-state index in [2.05, 4.69) is 56.9 Å². The molecule has 2 aliphatic rings. The summed E-state index contributed by atoms with van der Waals surface area (Å²) in [6.45, 7) is 4.04. The average Bonchev–Trinajstić information content (AvgIpc) is 2.29. The molecule has 0 spiro atoms. The first kappa shape index (κ1) is 12.0. The van der Waals surface area contributed by atoms with Gasteiger partial charge < -0.3 is 4.74 Å². The quantitative estimate of drug-likeness (QED) is 0.833. The van der Waals surface area contributed by atoms with Crippen molar-refractivity contribution in [1.29, 1.82) is 0 Å². The van der Waals surface area contributed by atoms with Crippen molar-refractivity contribution in [2.75, 3.05) is 37.8 Å². The monoisotopic (exact) mass is 313 g/mol. The van der Waals surface area contributed by atoms with Crippen LogP contribution >= 0.6 is 27.7 Å². The van der Waals surface area contributed by atoms with Crippen molar-refractivity contribution < 1.29 is 4.74 Å². The Kier molecular flexibility index (Phi) is 3.48. The molecule has 0 amide bonds. The van der Waals surface area contributed by atoms with Crippen LogP contribution in [0.25, 0.3) is 0 Å². The van der Waals surface area contributed by atoms with Gasteiger partial charge in [0.25, 0.3) is 0 Å². The maximum Gasteiger partial charge on any atom is 0.0934 e. The predicted molar refractivity (Wildman–Crippen MR) is 75.5 cm³/mol. The van der Waals surface area contributed by atoms with Crippen LogP contribution in [0, 0.1) is 0 Å². The van der Waals surface area contributed by atoms with Gasteiger partial charge in [-0.2, -0.15) is 11.8 Å². The molecular formula is C13H16BrNOS. The molecule has 1 aromatic carbocycles. The highest BCUT2D eigenvalue weighted by atomic mass is 79.9. The molecule has 0 atom stereocenters. The van der Waals surface area contributed by atoms with Gasteiger partial charge in [-0.1, -0.05) is 28.1 Å². The fourth-order valence-electron chi connectivity index (χ4n) is 2.60. The molecule has 3 rings (SSSR count). The molecule has 0 aromatic heterocycles. The van der Waals surface area contributed by atoms with Crippen molar-refractivity contribution in [2.24, 2.45) is 0 Å². The third-order valence-electron chi connectivity index (χ3n) is 3.66. The second kappa shape index (κ2) is 4.92. The normalized spacial score (nSPS) is 24.3. The highest BCUT2D eigenvalue weighted by Crippen LogP contribution is 2.38. The maximum absolute atomic E-state index is 5.52. The minimum Gasteiger partial charge on any atom is -0.377 e. The Hall–Kier alpha value is -0.0300. The minimum absolute atomic E-state index is 0.144. The Balaban J connectivity index is 1.90. The Morgan fingerprint density at radius 2 is 2.00 bits per heavy atom. The van der Waals surface area contributed by atoms with Crippen LogP contribution in [0.1, 0.15) is 5.56 Å². The second-order valence-electron chi connectivity index (χ2n) is 4.63. The molecule has 0 bridgehead atoms. The first-order chi connectivity index (χ1) is 8.31. The van der Waals surface area contributed by atoms with Crippen LogP contribution in [-0.4, -0.2) is 42.7 Å². The second-order valence-corrected chi connectivity index (χ2v) is 6.77. The van der Waals surface area contributed by atoms with E-state index < -0.39 is 0 Å². The molecular weight excluding hydrogens is 298 g/mol. The van der Waals surface area contributed by atoms with Crippen LogP contribution < -0.4 is 0 Å². The van der Waals surface area contributed by atoms with Crippen molar-refractivity contribution in [2.45, 2.75) is 5.54 Å². The van der Waals surface area contributed by atoms with E-state index in [1.165, 1.54) is 30.2 Å². The highest BCUT2D eigenvalue weighted by Gasteiger charge is 2.45. The number of hydrogen-bond donors (Lipinski definition) is 0. The van der Waals surface area contributed by atoms with E-state index in [4.69, 9.17) is 4.74 Å². The lowest BCUT2D eigenvalue weighted by Crippen LogP contribution is -2.61. The van der Waals surface area contributed by atoms with Crippen LogP contribution in [-0.2, 0) is 10.3 Å². The lowest BCUT2D eigenvalue weighted by Gasteiger charge is -2.51. The van der Waals surface area contributed by atoms with Crippen LogP contribution in [0.5, 0.6) is 0 Å². The summed E-state index contributed by atoms with van der Waals surface area (Å²) in [5, 5.41) is 0. The Bertz CT molecular complexity index is 402. The van der Waals surface area contributed by atoms with E-state index in [0.29, 0.717) is 0 Å². The highest BCUT2D eigenvalue weighted by molar-refractivity contribution is 9.10. The van der Waals surface area contributed by atoms with Gasteiger partial charge in [0.15, 0.2) is 0 Å². The lowest BCUT2D eigenvalue weighted by atomic mass is 9.86. The van der Waals surface area contributed by atoms with Gasteiger partial charge in [-0.05, 0) is 17.7 Å². The molecule has 0 N–H and O–H groups in total. The summed E-state index contributed by atoms with van der Waals surface area (Å²) < 4.78 is 6.68. The Morgan fingerprint density at radius 1 is 1.24 bits per heavy atom. The first-order valence-electron chi connectivity index (χ1n) is 5.98. The molecule has 2 nitrogen and oxygen atoms in total. The fourth-order valence-corrected chi connectivity index (χ4v) is 3.90.